The predicted octanol–water partition coefficient (Wildman–Crippen LogP) is 4.59. The molecule has 4 rings (SSSR count). The minimum absolute atomic E-state index is 0.192. The average molecular weight is 668 g/mol. The van der Waals surface area contributed by atoms with Gasteiger partial charge in [-0.05, 0) is 80.0 Å². The second-order valence-electron chi connectivity index (χ2n) is 12.0. The fourth-order valence-corrected chi connectivity index (χ4v) is 5.81. The van der Waals surface area contributed by atoms with Crippen LogP contribution in [0, 0.1) is 5.92 Å². The number of nitrogens with one attached hydrogen (secondary N) is 4. The highest BCUT2D eigenvalue weighted by Crippen LogP contribution is 2.27. The van der Waals surface area contributed by atoms with Crippen molar-refractivity contribution in [1.29, 1.82) is 0 Å². The third-order valence-electron chi connectivity index (χ3n) is 8.31. The van der Waals surface area contributed by atoms with Gasteiger partial charge < -0.3 is 21.1 Å². The molecule has 0 radical (unpaired) electrons. The second-order valence-corrected chi connectivity index (χ2v) is 13.9. The molecule has 248 valence electrons. The van der Waals surface area contributed by atoms with E-state index in [9.17, 15) is 18.9 Å². The van der Waals surface area contributed by atoms with Crippen LogP contribution in [0.4, 0.5) is 5.69 Å². The van der Waals surface area contributed by atoms with E-state index in [1.807, 2.05) is 56.3 Å². The van der Waals surface area contributed by atoms with Gasteiger partial charge in [0.1, 0.15) is 17.2 Å². The molecule has 1 aliphatic rings. The number of amides is 2. The minimum Gasteiger partial charge on any atom is -0.377 e. The number of carbonyl (C=O) groups is 2. The summed E-state index contributed by atoms with van der Waals surface area (Å²) < 4.78 is 13.9. The summed E-state index contributed by atoms with van der Waals surface area (Å²) in [6.07, 6.45) is 4.50. The molecular formula is C35H46ClN5O4S. The van der Waals surface area contributed by atoms with E-state index in [1.165, 1.54) is 23.4 Å². The Kier molecular flexibility index (Phi) is 13.2. The van der Waals surface area contributed by atoms with Gasteiger partial charge in [0.05, 0.1) is 11.7 Å². The zero-order valence-electron chi connectivity index (χ0n) is 27.0. The molecule has 0 spiro atoms. The van der Waals surface area contributed by atoms with E-state index < -0.39 is 17.2 Å². The fraction of sp³-hybridized carbons (Fsp3) is 0.429. The van der Waals surface area contributed by atoms with Crippen LogP contribution in [0.15, 0.2) is 72.8 Å². The number of anilines is 1. The smallest absolute Gasteiger partial charge is 0.251 e. The molecule has 1 aliphatic carbocycles. The van der Waals surface area contributed by atoms with Gasteiger partial charge in [0.25, 0.3) is 11.8 Å². The minimum atomic E-state index is -1.38. The molecule has 0 aromatic heterocycles. The van der Waals surface area contributed by atoms with Crippen LogP contribution in [0.3, 0.4) is 0 Å². The molecule has 1 saturated carbocycles. The normalized spacial score (nSPS) is 16.1. The zero-order chi connectivity index (χ0) is 33.2. The van der Waals surface area contributed by atoms with E-state index in [0.717, 1.165) is 17.7 Å². The van der Waals surface area contributed by atoms with Crippen LogP contribution in [-0.2, 0) is 17.4 Å². The van der Waals surface area contributed by atoms with Crippen molar-refractivity contribution in [3.63, 3.8) is 0 Å². The Morgan fingerprint density at radius 2 is 1.65 bits per heavy atom. The molecule has 46 heavy (non-hydrogen) atoms. The molecule has 5 atom stereocenters. The van der Waals surface area contributed by atoms with Crippen molar-refractivity contribution in [3.05, 3.63) is 100 Å². The molecular weight excluding hydrogens is 622 g/mol. The van der Waals surface area contributed by atoms with Crippen LogP contribution in [0.25, 0.3) is 0 Å². The summed E-state index contributed by atoms with van der Waals surface area (Å²) >= 11 is 6.16. The van der Waals surface area contributed by atoms with Gasteiger partial charge in [-0.1, -0.05) is 61.0 Å². The van der Waals surface area contributed by atoms with Crippen LogP contribution in [0.1, 0.15) is 71.0 Å². The maximum absolute atomic E-state index is 13.8. The van der Waals surface area contributed by atoms with Crippen molar-refractivity contribution >= 4 is 40.1 Å². The van der Waals surface area contributed by atoms with Gasteiger partial charge in [-0.3, -0.25) is 19.2 Å². The van der Waals surface area contributed by atoms with Gasteiger partial charge in [0.2, 0.25) is 0 Å². The lowest BCUT2D eigenvalue weighted by molar-refractivity contribution is 0.0868. The first-order valence-corrected chi connectivity index (χ1v) is 17.7. The van der Waals surface area contributed by atoms with Crippen molar-refractivity contribution in [2.24, 2.45) is 5.92 Å². The highest BCUT2D eigenvalue weighted by molar-refractivity contribution is 7.85. The summed E-state index contributed by atoms with van der Waals surface area (Å²) in [6.45, 7) is 5.09. The topological polar surface area (TPSA) is 123 Å². The van der Waals surface area contributed by atoms with E-state index in [1.54, 1.807) is 37.4 Å². The zero-order valence-corrected chi connectivity index (χ0v) is 28.5. The van der Waals surface area contributed by atoms with Gasteiger partial charge >= 0.3 is 0 Å². The van der Waals surface area contributed by atoms with Crippen molar-refractivity contribution in [2.45, 2.75) is 63.9 Å². The molecule has 11 heteroatoms. The van der Waals surface area contributed by atoms with Gasteiger partial charge in [-0.25, -0.2) is 4.21 Å². The Bertz CT molecular complexity index is 1490. The van der Waals surface area contributed by atoms with Gasteiger partial charge in [-0.2, -0.15) is 0 Å². The first-order valence-electron chi connectivity index (χ1n) is 15.8. The van der Waals surface area contributed by atoms with Crippen LogP contribution < -0.4 is 25.6 Å². The first-order chi connectivity index (χ1) is 22.0. The number of nitrogens with zero attached hydrogens (tertiary/aromatic N) is 1. The number of aliphatic hydroxyl groups excluding tert-OH is 1. The van der Waals surface area contributed by atoms with Crippen LogP contribution in [0.2, 0.25) is 5.02 Å². The molecule has 0 heterocycles. The molecule has 9 nitrogen and oxygen atoms in total. The lowest BCUT2D eigenvalue weighted by atomic mass is 10.0. The molecule has 1 fully saturated rings. The largest absolute Gasteiger partial charge is 0.377 e. The quantitative estimate of drug-likeness (QED) is 0.134. The highest BCUT2D eigenvalue weighted by atomic mass is 35.5. The van der Waals surface area contributed by atoms with Crippen LogP contribution >= 0.6 is 11.6 Å². The molecule has 0 bridgehead atoms. The third-order valence-corrected chi connectivity index (χ3v) is 9.53. The third kappa shape index (κ3) is 10.6. The highest BCUT2D eigenvalue weighted by Gasteiger charge is 2.25. The van der Waals surface area contributed by atoms with E-state index in [2.05, 4.69) is 21.3 Å². The number of carbonyl (C=O) groups excluding carboxylic acids is 2. The second kappa shape index (κ2) is 17.0. The fourth-order valence-electron chi connectivity index (χ4n) is 5.21. The number of hydrogen-bond donors (Lipinski definition) is 5. The maximum Gasteiger partial charge on any atom is 0.251 e. The van der Waals surface area contributed by atoms with Crippen molar-refractivity contribution in [1.82, 2.24) is 21.3 Å². The van der Waals surface area contributed by atoms with Crippen LogP contribution in [0.5, 0.6) is 0 Å². The van der Waals surface area contributed by atoms with E-state index in [-0.39, 0.29) is 41.1 Å². The summed E-state index contributed by atoms with van der Waals surface area (Å²) in [4.78, 5) is 27.3. The molecule has 5 N–H and O–H groups in total. The summed E-state index contributed by atoms with van der Waals surface area (Å²) in [7, 11) is 0.268. The first kappa shape index (κ1) is 35.6. The average Bonchev–Trinajstić information content (AvgIpc) is 3.88. The van der Waals surface area contributed by atoms with Crippen molar-refractivity contribution in [2.75, 3.05) is 30.7 Å². The number of rotatable bonds is 17. The Hall–Kier alpha value is -3.28. The van der Waals surface area contributed by atoms with Crippen LogP contribution in [-0.4, -0.2) is 65.8 Å². The summed E-state index contributed by atoms with van der Waals surface area (Å²) in [5.74, 6) is -0.0962. The maximum atomic E-state index is 13.8. The number of aliphatic hydroxyl groups is 1. The standard InChI is InChI=1S/C35H46ClN5O4S/c1-5-32(35(44)38-21-25-14-15-25)37-22-30(16-24-10-7-6-8-11-24)40-34(43)28-17-27(19-31(20-28)41(3)46(4)45)33(42)39-23(2)26-12-9-13-29(36)18-26/h6-13,17-20,23,25,30,32,35,37-38,44H,5,14-16,21-22H2,1-4H3,(H,39,42)(H,40,43)/t23-,30-,32+,35?,46?/m1/s1. The van der Waals surface area contributed by atoms with Crippen molar-refractivity contribution < 1.29 is 18.9 Å². The molecule has 3 aromatic rings. The Labute approximate surface area is 280 Å². The Morgan fingerprint density at radius 1 is 0.978 bits per heavy atom. The monoisotopic (exact) mass is 667 g/mol. The molecule has 0 saturated heterocycles. The SMILES string of the molecule is CC[C@H](NC[C@@H](Cc1ccccc1)NC(=O)c1cc(C(=O)N[C@H](C)c2cccc(Cl)c2)cc(N(C)S(C)=O)c1)C(O)NCC1CC1. The van der Waals surface area contributed by atoms with Gasteiger partial charge in [0, 0.05) is 54.6 Å². The van der Waals surface area contributed by atoms with Crippen molar-refractivity contribution in [3.8, 4) is 0 Å². The van der Waals surface area contributed by atoms with E-state index in [4.69, 9.17) is 11.6 Å². The lowest BCUT2D eigenvalue weighted by Gasteiger charge is -2.27. The van der Waals surface area contributed by atoms with E-state index in [0.29, 0.717) is 36.0 Å². The number of benzene rings is 3. The molecule has 2 amide bonds. The van der Waals surface area contributed by atoms with Gasteiger partial charge in [-0.15, -0.1) is 0 Å². The molecule has 0 aliphatic heterocycles. The summed E-state index contributed by atoms with van der Waals surface area (Å²) in [5.41, 5.74) is 2.91. The lowest BCUT2D eigenvalue weighted by Crippen LogP contribution is -2.52. The Morgan fingerprint density at radius 3 is 2.26 bits per heavy atom. The van der Waals surface area contributed by atoms with Gasteiger partial charge in [0.15, 0.2) is 0 Å². The molecule has 3 aromatic carbocycles. The number of hydrogen-bond acceptors (Lipinski definition) is 6. The predicted molar refractivity (Wildman–Crippen MR) is 186 cm³/mol. The Balaban J connectivity index is 1.54. The summed E-state index contributed by atoms with van der Waals surface area (Å²) in [6, 6.07) is 21.1. The molecule has 2 unspecified atom stereocenters. The summed E-state index contributed by atoms with van der Waals surface area (Å²) in [5, 5.41) is 24.2. The van der Waals surface area contributed by atoms with E-state index >= 15 is 0 Å². The number of halogens is 1.